The molecule has 1 unspecified atom stereocenters. The first kappa shape index (κ1) is 11.7. The second-order valence-corrected chi connectivity index (χ2v) is 4.31. The third kappa shape index (κ3) is 2.19. The summed E-state index contributed by atoms with van der Waals surface area (Å²) in [6.45, 7) is 1.00. The Kier molecular flexibility index (Phi) is 3.19. The van der Waals surface area contributed by atoms with Gasteiger partial charge in [-0.2, -0.15) is 0 Å². The van der Waals surface area contributed by atoms with E-state index in [1.54, 1.807) is 12.1 Å². The van der Waals surface area contributed by atoms with E-state index in [1.807, 2.05) is 6.07 Å². The SMILES string of the molecule is NC(=O)c1cc(N2CCCC2CO)ccc1N. The van der Waals surface area contributed by atoms with Gasteiger partial charge in [0, 0.05) is 17.9 Å². The molecule has 1 aliphatic heterocycles. The lowest BCUT2D eigenvalue weighted by atomic mass is 10.1. The van der Waals surface area contributed by atoms with Crippen molar-refractivity contribution in [1.82, 2.24) is 0 Å². The summed E-state index contributed by atoms with van der Waals surface area (Å²) in [6, 6.07) is 5.36. The van der Waals surface area contributed by atoms with E-state index in [0.29, 0.717) is 11.3 Å². The number of primary amides is 1. The average Bonchev–Trinajstić information content (AvgIpc) is 2.77. The van der Waals surface area contributed by atoms with Crippen molar-refractivity contribution in [3.8, 4) is 0 Å². The molecule has 0 aliphatic carbocycles. The molecule has 0 bridgehead atoms. The minimum absolute atomic E-state index is 0.121. The van der Waals surface area contributed by atoms with Crippen LogP contribution in [0.1, 0.15) is 23.2 Å². The van der Waals surface area contributed by atoms with E-state index in [2.05, 4.69) is 4.90 Å². The molecule has 0 saturated carbocycles. The first-order valence-electron chi connectivity index (χ1n) is 5.70. The largest absolute Gasteiger partial charge is 0.398 e. The number of rotatable bonds is 3. The highest BCUT2D eigenvalue weighted by Gasteiger charge is 2.24. The van der Waals surface area contributed by atoms with Crippen LogP contribution >= 0.6 is 0 Å². The van der Waals surface area contributed by atoms with Gasteiger partial charge in [0.15, 0.2) is 0 Å². The zero-order valence-electron chi connectivity index (χ0n) is 9.60. The van der Waals surface area contributed by atoms with Crippen LogP contribution in [0.3, 0.4) is 0 Å². The number of benzene rings is 1. The summed E-state index contributed by atoms with van der Waals surface area (Å²) in [6.07, 6.45) is 2.01. The molecule has 1 amide bonds. The minimum Gasteiger partial charge on any atom is -0.398 e. The van der Waals surface area contributed by atoms with Crippen molar-refractivity contribution in [3.63, 3.8) is 0 Å². The standard InChI is InChI=1S/C12H17N3O2/c13-11-4-3-8(6-10(11)12(14)17)15-5-1-2-9(15)7-16/h3-4,6,9,16H,1-2,5,7,13H2,(H2,14,17). The molecule has 17 heavy (non-hydrogen) atoms. The van der Waals surface area contributed by atoms with Crippen LogP contribution < -0.4 is 16.4 Å². The number of anilines is 2. The van der Waals surface area contributed by atoms with Gasteiger partial charge in [0.05, 0.1) is 18.2 Å². The molecule has 2 rings (SSSR count). The summed E-state index contributed by atoms with van der Waals surface area (Å²) in [4.78, 5) is 13.3. The van der Waals surface area contributed by atoms with Crippen molar-refractivity contribution in [3.05, 3.63) is 23.8 Å². The fourth-order valence-corrected chi connectivity index (χ4v) is 2.30. The van der Waals surface area contributed by atoms with E-state index < -0.39 is 5.91 Å². The molecule has 5 heteroatoms. The first-order valence-corrected chi connectivity index (χ1v) is 5.70. The van der Waals surface area contributed by atoms with Gasteiger partial charge in [-0.05, 0) is 31.0 Å². The maximum atomic E-state index is 11.2. The summed E-state index contributed by atoms with van der Waals surface area (Å²) in [5, 5.41) is 9.27. The third-order valence-corrected chi connectivity index (χ3v) is 3.22. The number of aliphatic hydroxyl groups excluding tert-OH is 1. The van der Waals surface area contributed by atoms with Crippen molar-refractivity contribution < 1.29 is 9.90 Å². The molecule has 1 aromatic rings. The third-order valence-electron chi connectivity index (χ3n) is 3.22. The predicted molar refractivity (Wildman–Crippen MR) is 66.8 cm³/mol. The van der Waals surface area contributed by atoms with Crippen LogP contribution in [0.5, 0.6) is 0 Å². The molecular weight excluding hydrogens is 218 g/mol. The highest BCUT2D eigenvalue weighted by molar-refractivity contribution is 5.99. The van der Waals surface area contributed by atoms with Gasteiger partial charge in [0.25, 0.3) is 5.91 Å². The van der Waals surface area contributed by atoms with Crippen molar-refractivity contribution in [1.29, 1.82) is 0 Å². The zero-order chi connectivity index (χ0) is 12.4. The number of nitrogens with two attached hydrogens (primary N) is 2. The smallest absolute Gasteiger partial charge is 0.250 e. The van der Waals surface area contributed by atoms with Gasteiger partial charge < -0.3 is 21.5 Å². The molecule has 1 aromatic carbocycles. The van der Waals surface area contributed by atoms with E-state index in [0.717, 1.165) is 25.1 Å². The number of aliphatic hydroxyl groups is 1. The predicted octanol–water partition coefficient (Wildman–Crippen LogP) is 0.329. The summed E-state index contributed by atoms with van der Waals surface area (Å²) >= 11 is 0. The van der Waals surface area contributed by atoms with Gasteiger partial charge in [-0.15, -0.1) is 0 Å². The molecular formula is C12H17N3O2. The Balaban J connectivity index is 2.33. The van der Waals surface area contributed by atoms with Crippen LogP contribution in [0.15, 0.2) is 18.2 Å². The van der Waals surface area contributed by atoms with Gasteiger partial charge in [0.2, 0.25) is 0 Å². The first-order chi connectivity index (χ1) is 8.13. The monoisotopic (exact) mass is 235 g/mol. The van der Waals surface area contributed by atoms with Gasteiger partial charge >= 0.3 is 0 Å². The van der Waals surface area contributed by atoms with E-state index in [-0.39, 0.29) is 12.6 Å². The summed E-state index contributed by atoms with van der Waals surface area (Å²) in [5.74, 6) is -0.524. The molecule has 1 aliphatic rings. The Bertz CT molecular complexity index is 434. The number of carbonyl (C=O) groups is 1. The molecule has 1 fully saturated rings. The quantitative estimate of drug-likeness (QED) is 0.658. The number of nitrogen functional groups attached to an aromatic ring is 1. The molecule has 1 saturated heterocycles. The second kappa shape index (κ2) is 4.63. The fraction of sp³-hybridized carbons (Fsp3) is 0.417. The Morgan fingerprint density at radius 1 is 1.53 bits per heavy atom. The van der Waals surface area contributed by atoms with E-state index in [9.17, 15) is 9.90 Å². The topological polar surface area (TPSA) is 92.6 Å². The van der Waals surface area contributed by atoms with Crippen molar-refractivity contribution in [2.24, 2.45) is 5.73 Å². The zero-order valence-corrected chi connectivity index (χ0v) is 9.60. The molecule has 1 atom stereocenters. The Hall–Kier alpha value is -1.75. The molecule has 92 valence electrons. The Morgan fingerprint density at radius 2 is 2.29 bits per heavy atom. The highest BCUT2D eigenvalue weighted by atomic mass is 16.3. The van der Waals surface area contributed by atoms with Crippen LogP contribution in [-0.4, -0.2) is 30.2 Å². The van der Waals surface area contributed by atoms with Crippen molar-refractivity contribution in [2.45, 2.75) is 18.9 Å². The number of amides is 1. The van der Waals surface area contributed by atoms with Gasteiger partial charge in [-0.25, -0.2) is 0 Å². The lowest BCUT2D eigenvalue weighted by molar-refractivity contribution is 0.100. The molecule has 5 nitrogen and oxygen atoms in total. The van der Waals surface area contributed by atoms with Crippen LogP contribution in [0, 0.1) is 0 Å². The lowest BCUT2D eigenvalue weighted by Crippen LogP contribution is -2.32. The minimum atomic E-state index is -0.524. The Labute approximate surface area is 100 Å². The Morgan fingerprint density at radius 3 is 2.94 bits per heavy atom. The number of hydrogen-bond donors (Lipinski definition) is 3. The molecule has 0 spiro atoms. The molecule has 1 heterocycles. The molecule has 5 N–H and O–H groups in total. The van der Waals surface area contributed by atoms with E-state index in [4.69, 9.17) is 11.5 Å². The average molecular weight is 235 g/mol. The van der Waals surface area contributed by atoms with E-state index >= 15 is 0 Å². The molecule has 0 aromatic heterocycles. The highest BCUT2D eigenvalue weighted by Crippen LogP contribution is 2.27. The number of carbonyl (C=O) groups excluding carboxylic acids is 1. The number of nitrogens with zero attached hydrogens (tertiary/aromatic N) is 1. The second-order valence-electron chi connectivity index (χ2n) is 4.31. The van der Waals surface area contributed by atoms with Crippen LogP contribution in [0.25, 0.3) is 0 Å². The molecule has 0 radical (unpaired) electrons. The maximum Gasteiger partial charge on any atom is 0.250 e. The fourth-order valence-electron chi connectivity index (χ4n) is 2.30. The lowest BCUT2D eigenvalue weighted by Gasteiger charge is -2.25. The number of hydrogen-bond acceptors (Lipinski definition) is 4. The summed E-state index contributed by atoms with van der Waals surface area (Å²) in [5.41, 5.74) is 12.6. The van der Waals surface area contributed by atoms with Crippen molar-refractivity contribution >= 4 is 17.3 Å². The van der Waals surface area contributed by atoms with Crippen LogP contribution in [0.2, 0.25) is 0 Å². The van der Waals surface area contributed by atoms with Gasteiger partial charge in [-0.3, -0.25) is 4.79 Å². The maximum absolute atomic E-state index is 11.2. The van der Waals surface area contributed by atoms with Crippen molar-refractivity contribution in [2.75, 3.05) is 23.8 Å². The normalized spacial score (nSPS) is 19.6. The van der Waals surface area contributed by atoms with Crippen LogP contribution in [-0.2, 0) is 0 Å². The summed E-state index contributed by atoms with van der Waals surface area (Å²) in [7, 11) is 0. The van der Waals surface area contributed by atoms with Gasteiger partial charge in [-0.1, -0.05) is 0 Å². The van der Waals surface area contributed by atoms with Crippen LogP contribution in [0.4, 0.5) is 11.4 Å². The van der Waals surface area contributed by atoms with Gasteiger partial charge in [0.1, 0.15) is 0 Å². The summed E-state index contributed by atoms with van der Waals surface area (Å²) < 4.78 is 0. The van der Waals surface area contributed by atoms with E-state index in [1.165, 1.54) is 0 Å².